The number of carbonyl (C=O) groups excluding carboxylic acids is 1. The summed E-state index contributed by atoms with van der Waals surface area (Å²) in [5.41, 5.74) is 0. The van der Waals surface area contributed by atoms with Crippen LogP contribution in [0.5, 0.6) is 0 Å². The monoisotopic (exact) mass is 406 g/mol. The van der Waals surface area contributed by atoms with E-state index in [0.29, 0.717) is 11.5 Å². The second-order valence-electron chi connectivity index (χ2n) is 5.97. The maximum absolute atomic E-state index is 12.1. The van der Waals surface area contributed by atoms with Crippen LogP contribution in [0.15, 0.2) is 15.9 Å². The lowest BCUT2D eigenvalue weighted by molar-refractivity contribution is 0.0902. The molecule has 2 saturated heterocycles. The summed E-state index contributed by atoms with van der Waals surface area (Å²) in [6.45, 7) is 1.72. The Morgan fingerprint density at radius 2 is 2.05 bits per heavy atom. The van der Waals surface area contributed by atoms with Gasteiger partial charge in [-0.05, 0) is 41.3 Å². The van der Waals surface area contributed by atoms with Gasteiger partial charge < -0.3 is 5.32 Å². The molecule has 0 bridgehead atoms. The van der Waals surface area contributed by atoms with Crippen molar-refractivity contribution in [2.75, 3.05) is 24.6 Å². The molecule has 1 atom stereocenters. The molecule has 0 spiro atoms. The third-order valence-corrected chi connectivity index (χ3v) is 7.82. The van der Waals surface area contributed by atoms with Crippen molar-refractivity contribution in [2.24, 2.45) is 0 Å². The number of piperidine rings is 1. The van der Waals surface area contributed by atoms with Crippen molar-refractivity contribution in [1.29, 1.82) is 0 Å². The zero-order valence-electron chi connectivity index (χ0n) is 12.1. The molecular weight excluding hydrogens is 388 g/mol. The largest absolute Gasteiger partial charge is 0.349 e. The lowest BCUT2D eigenvalue weighted by Crippen LogP contribution is -2.48. The second-order valence-corrected chi connectivity index (χ2v) is 10.0. The Kier molecular flexibility index (Phi) is 4.92. The van der Waals surface area contributed by atoms with Gasteiger partial charge in [-0.15, -0.1) is 11.3 Å². The molecule has 2 aliphatic heterocycles. The fraction of sp³-hybridized carbons (Fsp3) is 0.643. The molecule has 1 aromatic heterocycles. The minimum atomic E-state index is -2.83. The number of amides is 1. The lowest BCUT2D eigenvalue weighted by atomic mass is 10.0. The van der Waals surface area contributed by atoms with E-state index in [2.05, 4.69) is 26.1 Å². The molecule has 0 saturated carbocycles. The van der Waals surface area contributed by atoms with E-state index in [1.54, 1.807) is 0 Å². The summed E-state index contributed by atoms with van der Waals surface area (Å²) >= 11 is 4.79. The molecule has 0 radical (unpaired) electrons. The van der Waals surface area contributed by atoms with Crippen LogP contribution >= 0.6 is 27.3 Å². The van der Waals surface area contributed by atoms with Crippen LogP contribution in [0, 0.1) is 0 Å². The highest BCUT2D eigenvalue weighted by molar-refractivity contribution is 9.10. The van der Waals surface area contributed by atoms with Gasteiger partial charge in [0.15, 0.2) is 9.84 Å². The molecule has 8 heteroatoms. The predicted molar refractivity (Wildman–Crippen MR) is 91.1 cm³/mol. The minimum Gasteiger partial charge on any atom is -0.349 e. The molecule has 1 unspecified atom stereocenters. The Hall–Kier alpha value is -0.440. The first-order valence-corrected chi connectivity index (χ1v) is 10.9. The predicted octanol–water partition coefficient (Wildman–Crippen LogP) is 1.89. The molecule has 1 N–H and O–H groups in total. The van der Waals surface area contributed by atoms with Crippen LogP contribution in [0.1, 0.15) is 28.9 Å². The van der Waals surface area contributed by atoms with Crippen molar-refractivity contribution < 1.29 is 13.2 Å². The molecule has 1 aromatic rings. The average Bonchev–Trinajstić information content (AvgIpc) is 3.05. The smallest absolute Gasteiger partial charge is 0.261 e. The van der Waals surface area contributed by atoms with Gasteiger partial charge in [-0.25, -0.2) is 8.42 Å². The van der Waals surface area contributed by atoms with Crippen LogP contribution in [0.25, 0.3) is 0 Å². The quantitative estimate of drug-likeness (QED) is 0.831. The SMILES string of the molecule is O=C(NC1CCN(C2CCS(=O)(=O)C2)CC1)c1cc(Br)cs1. The summed E-state index contributed by atoms with van der Waals surface area (Å²) in [6.07, 6.45) is 2.52. The lowest BCUT2D eigenvalue weighted by Gasteiger charge is -2.35. The normalized spacial score (nSPS) is 26.1. The number of nitrogens with one attached hydrogen (secondary N) is 1. The van der Waals surface area contributed by atoms with Crippen LogP contribution in [0.4, 0.5) is 0 Å². The highest BCUT2D eigenvalue weighted by Crippen LogP contribution is 2.23. The highest BCUT2D eigenvalue weighted by Gasteiger charge is 2.34. The van der Waals surface area contributed by atoms with E-state index in [9.17, 15) is 13.2 Å². The number of hydrogen-bond donors (Lipinski definition) is 1. The Bertz CT molecular complexity index is 651. The number of carbonyl (C=O) groups is 1. The van der Waals surface area contributed by atoms with Crippen LogP contribution in [0.2, 0.25) is 0 Å². The molecule has 3 rings (SSSR count). The standard InChI is InChI=1S/C14H19BrN2O3S2/c15-10-7-13(21-8-10)14(18)16-11-1-4-17(5-2-11)12-3-6-22(19,20)9-12/h7-8,11-12H,1-6,9H2,(H,16,18). The van der Waals surface area contributed by atoms with Crippen molar-refractivity contribution in [1.82, 2.24) is 10.2 Å². The maximum atomic E-state index is 12.1. The molecule has 22 heavy (non-hydrogen) atoms. The number of halogens is 1. The molecule has 0 aliphatic carbocycles. The Morgan fingerprint density at radius 3 is 2.59 bits per heavy atom. The summed E-state index contributed by atoms with van der Waals surface area (Å²) < 4.78 is 24.1. The van der Waals surface area contributed by atoms with E-state index in [-0.39, 0.29) is 18.0 Å². The molecule has 122 valence electrons. The Morgan fingerprint density at radius 1 is 1.32 bits per heavy atom. The van der Waals surface area contributed by atoms with Crippen LogP contribution in [-0.2, 0) is 9.84 Å². The maximum Gasteiger partial charge on any atom is 0.261 e. The van der Waals surface area contributed by atoms with E-state index in [1.807, 2.05) is 11.4 Å². The Balaban J connectivity index is 1.49. The minimum absolute atomic E-state index is 0.0161. The van der Waals surface area contributed by atoms with E-state index in [1.165, 1.54) is 11.3 Å². The third kappa shape index (κ3) is 3.90. The molecule has 3 heterocycles. The van der Waals surface area contributed by atoms with E-state index >= 15 is 0 Å². The van der Waals surface area contributed by atoms with Gasteiger partial charge in [0.2, 0.25) is 0 Å². The molecule has 5 nitrogen and oxygen atoms in total. The van der Waals surface area contributed by atoms with Crippen molar-refractivity contribution in [3.05, 3.63) is 20.8 Å². The van der Waals surface area contributed by atoms with Gasteiger partial charge in [0, 0.05) is 35.0 Å². The average molecular weight is 407 g/mol. The first-order valence-electron chi connectivity index (χ1n) is 7.42. The molecule has 1 amide bonds. The number of nitrogens with zero attached hydrogens (tertiary/aromatic N) is 1. The summed E-state index contributed by atoms with van der Waals surface area (Å²) in [4.78, 5) is 15.1. The van der Waals surface area contributed by atoms with Crippen LogP contribution in [0.3, 0.4) is 0 Å². The van der Waals surface area contributed by atoms with Gasteiger partial charge in [-0.3, -0.25) is 9.69 Å². The van der Waals surface area contributed by atoms with E-state index < -0.39 is 9.84 Å². The van der Waals surface area contributed by atoms with Crippen molar-refractivity contribution in [2.45, 2.75) is 31.3 Å². The van der Waals surface area contributed by atoms with Crippen molar-refractivity contribution in [3.63, 3.8) is 0 Å². The summed E-state index contributed by atoms with van der Waals surface area (Å²) in [7, 11) is -2.83. The third-order valence-electron chi connectivity index (χ3n) is 4.38. The van der Waals surface area contributed by atoms with Gasteiger partial charge >= 0.3 is 0 Å². The van der Waals surface area contributed by atoms with E-state index in [4.69, 9.17) is 0 Å². The highest BCUT2D eigenvalue weighted by atomic mass is 79.9. The first-order chi connectivity index (χ1) is 10.4. The first kappa shape index (κ1) is 16.4. The van der Waals surface area contributed by atoms with Gasteiger partial charge in [0.25, 0.3) is 5.91 Å². The molecule has 0 aromatic carbocycles. The number of sulfone groups is 1. The summed E-state index contributed by atoms with van der Waals surface area (Å²) in [5.74, 6) is 0.604. The van der Waals surface area contributed by atoms with Crippen LogP contribution in [-0.4, -0.2) is 55.9 Å². The van der Waals surface area contributed by atoms with Gasteiger partial charge in [0.05, 0.1) is 16.4 Å². The fourth-order valence-electron chi connectivity index (χ4n) is 3.16. The topological polar surface area (TPSA) is 66.5 Å². The summed E-state index contributed by atoms with van der Waals surface area (Å²) in [5, 5.41) is 4.98. The number of likely N-dealkylation sites (tertiary alicyclic amines) is 1. The van der Waals surface area contributed by atoms with Gasteiger partial charge in [0.1, 0.15) is 0 Å². The Labute approximate surface area is 143 Å². The zero-order valence-corrected chi connectivity index (χ0v) is 15.3. The van der Waals surface area contributed by atoms with Crippen LogP contribution < -0.4 is 5.32 Å². The molecular formula is C14H19BrN2O3S2. The van der Waals surface area contributed by atoms with Gasteiger partial charge in [-0.2, -0.15) is 0 Å². The fourth-order valence-corrected chi connectivity index (χ4v) is 6.25. The van der Waals surface area contributed by atoms with Crippen molar-refractivity contribution in [3.8, 4) is 0 Å². The number of thiophene rings is 1. The number of rotatable bonds is 3. The van der Waals surface area contributed by atoms with Crippen molar-refractivity contribution >= 4 is 43.0 Å². The summed E-state index contributed by atoms with van der Waals surface area (Å²) in [6, 6.07) is 2.19. The molecule has 2 aliphatic rings. The number of hydrogen-bond acceptors (Lipinski definition) is 5. The second kappa shape index (κ2) is 6.59. The molecule has 2 fully saturated rings. The van der Waals surface area contributed by atoms with E-state index in [0.717, 1.165) is 41.7 Å². The zero-order chi connectivity index (χ0) is 15.7. The van der Waals surface area contributed by atoms with Gasteiger partial charge in [-0.1, -0.05) is 0 Å².